The molecule has 1 heterocycles. The highest BCUT2D eigenvalue weighted by atomic mass is 16.3. The summed E-state index contributed by atoms with van der Waals surface area (Å²) in [5.74, 6) is 0. The van der Waals surface area contributed by atoms with Gasteiger partial charge in [-0.1, -0.05) is 129 Å². The van der Waals surface area contributed by atoms with Crippen molar-refractivity contribution in [3.63, 3.8) is 0 Å². The molecule has 9 rings (SSSR count). The Kier molecular flexibility index (Phi) is 5.58. The normalized spacial score (nSPS) is 13.3. The van der Waals surface area contributed by atoms with Crippen molar-refractivity contribution in [3.8, 4) is 33.4 Å². The summed E-state index contributed by atoms with van der Waals surface area (Å²) in [5.41, 5.74) is 14.2. The number of para-hydroxylation sites is 1. The third-order valence-electron chi connectivity index (χ3n) is 9.65. The first-order valence-electron chi connectivity index (χ1n) is 15.6. The Morgan fingerprint density at radius 1 is 0.467 bits per heavy atom. The molecular weight excluding hydrogens is 546 g/mol. The van der Waals surface area contributed by atoms with Crippen molar-refractivity contribution in [2.75, 3.05) is 5.32 Å². The first-order chi connectivity index (χ1) is 22.1. The summed E-state index contributed by atoms with van der Waals surface area (Å²) in [6, 6.07) is 52.2. The molecule has 2 heteroatoms. The first-order valence-corrected chi connectivity index (χ1v) is 15.6. The van der Waals surface area contributed by atoms with E-state index in [0.717, 1.165) is 49.8 Å². The first kappa shape index (κ1) is 25.9. The van der Waals surface area contributed by atoms with Crippen LogP contribution in [0.15, 0.2) is 150 Å². The zero-order valence-corrected chi connectivity index (χ0v) is 25.3. The number of furan rings is 1. The lowest BCUT2D eigenvalue weighted by Crippen LogP contribution is -2.14. The molecule has 1 aliphatic carbocycles. The number of benzene rings is 7. The van der Waals surface area contributed by atoms with Crippen LogP contribution in [0, 0.1) is 0 Å². The zero-order valence-electron chi connectivity index (χ0n) is 25.3. The van der Waals surface area contributed by atoms with E-state index in [2.05, 4.69) is 165 Å². The minimum absolute atomic E-state index is 0.0139. The molecule has 0 fully saturated rings. The van der Waals surface area contributed by atoms with Gasteiger partial charge in [0.1, 0.15) is 11.2 Å². The molecule has 7 aromatic carbocycles. The van der Waals surface area contributed by atoms with Crippen LogP contribution in [0.25, 0.3) is 66.1 Å². The van der Waals surface area contributed by atoms with Crippen molar-refractivity contribution in [1.29, 1.82) is 0 Å². The maximum atomic E-state index is 6.58. The van der Waals surface area contributed by atoms with E-state index in [1.54, 1.807) is 0 Å². The smallest absolute Gasteiger partial charge is 0.143 e. The summed E-state index contributed by atoms with van der Waals surface area (Å²) < 4.78 is 6.58. The lowest BCUT2D eigenvalue weighted by molar-refractivity contribution is 0.660. The fourth-order valence-electron chi connectivity index (χ4n) is 7.41. The Balaban J connectivity index is 1.05. The van der Waals surface area contributed by atoms with Crippen LogP contribution in [-0.2, 0) is 5.41 Å². The van der Waals surface area contributed by atoms with Crippen LogP contribution in [0.3, 0.4) is 0 Å². The molecule has 1 aliphatic rings. The van der Waals surface area contributed by atoms with E-state index >= 15 is 0 Å². The highest BCUT2D eigenvalue weighted by molar-refractivity contribution is 6.17. The van der Waals surface area contributed by atoms with Crippen LogP contribution >= 0.6 is 0 Å². The largest absolute Gasteiger partial charge is 0.455 e. The molecule has 0 amide bonds. The summed E-state index contributed by atoms with van der Waals surface area (Å²) in [6.45, 7) is 4.67. The zero-order chi connectivity index (χ0) is 30.1. The number of nitrogens with one attached hydrogen (secondary N) is 1. The summed E-state index contributed by atoms with van der Waals surface area (Å²) in [5, 5.41) is 8.28. The molecule has 8 aromatic rings. The molecule has 1 N–H and O–H groups in total. The van der Waals surface area contributed by atoms with Gasteiger partial charge in [-0.3, -0.25) is 0 Å². The van der Waals surface area contributed by atoms with Gasteiger partial charge in [0.05, 0.1) is 0 Å². The summed E-state index contributed by atoms with van der Waals surface area (Å²) in [7, 11) is 0. The highest BCUT2D eigenvalue weighted by Crippen LogP contribution is 2.52. The molecule has 0 saturated heterocycles. The quantitative estimate of drug-likeness (QED) is 0.225. The molecule has 0 atom stereocenters. The van der Waals surface area contributed by atoms with Gasteiger partial charge < -0.3 is 9.73 Å². The predicted octanol–water partition coefficient (Wildman–Crippen LogP) is 12.1. The van der Waals surface area contributed by atoms with Gasteiger partial charge in [-0.05, 0) is 74.7 Å². The number of rotatable bonds is 4. The minimum atomic E-state index is -0.0139. The van der Waals surface area contributed by atoms with Crippen molar-refractivity contribution in [3.05, 3.63) is 157 Å². The molecular formula is C43H31NO. The maximum Gasteiger partial charge on any atom is 0.143 e. The lowest BCUT2D eigenvalue weighted by Gasteiger charge is -2.21. The Bertz CT molecular complexity index is 2430. The maximum absolute atomic E-state index is 6.58. The second-order valence-corrected chi connectivity index (χ2v) is 12.6. The molecule has 214 valence electrons. The van der Waals surface area contributed by atoms with Crippen molar-refractivity contribution in [2.45, 2.75) is 19.3 Å². The van der Waals surface area contributed by atoms with Crippen molar-refractivity contribution >= 4 is 44.1 Å². The molecule has 0 spiro atoms. The highest BCUT2D eigenvalue weighted by Gasteiger charge is 2.36. The Labute approximate surface area is 262 Å². The average molecular weight is 578 g/mol. The van der Waals surface area contributed by atoms with E-state index in [4.69, 9.17) is 4.42 Å². The number of fused-ring (bicyclic) bond motifs is 8. The Morgan fingerprint density at radius 3 is 2.07 bits per heavy atom. The van der Waals surface area contributed by atoms with Gasteiger partial charge in [0.2, 0.25) is 0 Å². The van der Waals surface area contributed by atoms with Crippen LogP contribution in [0.4, 0.5) is 11.4 Å². The molecule has 0 aliphatic heterocycles. The Morgan fingerprint density at radius 2 is 1.16 bits per heavy atom. The van der Waals surface area contributed by atoms with E-state index in [9.17, 15) is 0 Å². The molecule has 2 nitrogen and oxygen atoms in total. The van der Waals surface area contributed by atoms with Crippen LogP contribution in [0.1, 0.15) is 25.0 Å². The van der Waals surface area contributed by atoms with E-state index in [1.807, 2.05) is 0 Å². The fourth-order valence-corrected chi connectivity index (χ4v) is 7.41. The van der Waals surface area contributed by atoms with Gasteiger partial charge >= 0.3 is 0 Å². The monoisotopic (exact) mass is 577 g/mol. The topological polar surface area (TPSA) is 25.2 Å². The average Bonchev–Trinajstić information content (AvgIpc) is 3.58. The van der Waals surface area contributed by atoms with Gasteiger partial charge in [-0.25, -0.2) is 0 Å². The van der Waals surface area contributed by atoms with Crippen LogP contribution in [0.2, 0.25) is 0 Å². The molecule has 45 heavy (non-hydrogen) atoms. The van der Waals surface area contributed by atoms with Gasteiger partial charge in [-0.2, -0.15) is 0 Å². The van der Waals surface area contributed by atoms with Gasteiger partial charge in [0, 0.05) is 38.5 Å². The molecule has 0 unspecified atom stereocenters. The summed E-state index contributed by atoms with van der Waals surface area (Å²) in [6.07, 6.45) is 0. The van der Waals surface area contributed by atoms with Crippen LogP contribution in [0.5, 0.6) is 0 Å². The van der Waals surface area contributed by atoms with E-state index in [-0.39, 0.29) is 5.41 Å². The summed E-state index contributed by atoms with van der Waals surface area (Å²) >= 11 is 0. The molecule has 1 aromatic heterocycles. The predicted molar refractivity (Wildman–Crippen MR) is 189 cm³/mol. The molecule has 0 saturated carbocycles. The number of hydrogen-bond acceptors (Lipinski definition) is 2. The van der Waals surface area contributed by atoms with Gasteiger partial charge in [-0.15, -0.1) is 0 Å². The van der Waals surface area contributed by atoms with Crippen molar-refractivity contribution < 1.29 is 4.42 Å². The van der Waals surface area contributed by atoms with Crippen molar-refractivity contribution in [1.82, 2.24) is 0 Å². The SMILES string of the molecule is CC1(C)c2ccccc2-c2c(-c3cccc(Nc4ccc(-c5cccc6c5oc5c7ccccc7ccc65)cc4)c3)cccc21. The third kappa shape index (κ3) is 3.96. The van der Waals surface area contributed by atoms with Crippen LogP contribution in [-0.4, -0.2) is 0 Å². The molecule has 0 radical (unpaired) electrons. The van der Waals surface area contributed by atoms with E-state index in [1.165, 1.54) is 38.8 Å². The van der Waals surface area contributed by atoms with Crippen molar-refractivity contribution in [2.24, 2.45) is 0 Å². The van der Waals surface area contributed by atoms with Gasteiger partial charge in [0.25, 0.3) is 0 Å². The second kappa shape index (κ2) is 9.70. The standard InChI is InChI=1S/C43H31NO/c1-43(2)38-18-6-5-14-37(38)40-32(15-9-19-39(40)43)29-11-7-12-31(26-29)44-30-23-20-28(21-24-30)34-16-8-17-35-36-25-22-27-10-3-4-13-33(27)42(36)45-41(34)35/h3-26,44H,1-2H3. The minimum Gasteiger partial charge on any atom is -0.455 e. The Hall–Kier alpha value is -5.60. The summed E-state index contributed by atoms with van der Waals surface area (Å²) in [4.78, 5) is 0. The molecule has 0 bridgehead atoms. The second-order valence-electron chi connectivity index (χ2n) is 12.6. The lowest BCUT2D eigenvalue weighted by atomic mass is 9.82. The van der Waals surface area contributed by atoms with Gasteiger partial charge in [0.15, 0.2) is 0 Å². The van der Waals surface area contributed by atoms with E-state index in [0.29, 0.717) is 0 Å². The number of hydrogen-bond donors (Lipinski definition) is 1. The van der Waals surface area contributed by atoms with E-state index < -0.39 is 0 Å². The number of anilines is 2. The third-order valence-corrected chi connectivity index (χ3v) is 9.65. The van der Waals surface area contributed by atoms with Crippen LogP contribution < -0.4 is 5.32 Å². The fraction of sp³-hybridized carbons (Fsp3) is 0.0698.